The van der Waals surface area contributed by atoms with E-state index in [0.717, 1.165) is 0 Å². The van der Waals surface area contributed by atoms with Crippen molar-refractivity contribution < 1.29 is 32.2 Å². The largest absolute Gasteiger partial charge is 0.497 e. The first-order chi connectivity index (χ1) is 14.8. The molecular formula is C20H25N3O7S. The number of methoxy groups -OCH3 is 2. The van der Waals surface area contributed by atoms with Crippen LogP contribution in [-0.2, 0) is 14.8 Å². The first-order valence-electron chi connectivity index (χ1n) is 9.34. The zero-order valence-electron chi connectivity index (χ0n) is 17.4. The SMILES string of the molecule is CCOc1ccc(C(=O)NNC(=O)CCNS(=O)(=O)c2ccc(OC)cc2)cc1OC. The van der Waals surface area contributed by atoms with E-state index in [9.17, 15) is 18.0 Å². The summed E-state index contributed by atoms with van der Waals surface area (Å²) in [5.74, 6) is 0.278. The molecule has 2 amide bonds. The molecule has 0 aliphatic carbocycles. The monoisotopic (exact) mass is 451 g/mol. The highest BCUT2D eigenvalue weighted by Gasteiger charge is 2.15. The summed E-state index contributed by atoms with van der Waals surface area (Å²) in [6.45, 7) is 2.12. The molecule has 10 nitrogen and oxygen atoms in total. The smallest absolute Gasteiger partial charge is 0.269 e. The molecule has 3 N–H and O–H groups in total. The van der Waals surface area contributed by atoms with Gasteiger partial charge in [-0.3, -0.25) is 20.4 Å². The van der Waals surface area contributed by atoms with Gasteiger partial charge in [0.25, 0.3) is 5.91 Å². The lowest BCUT2D eigenvalue weighted by atomic mass is 10.2. The van der Waals surface area contributed by atoms with Gasteiger partial charge in [-0.1, -0.05) is 0 Å². The number of amides is 2. The Morgan fingerprint density at radius 1 is 0.935 bits per heavy atom. The molecular weight excluding hydrogens is 426 g/mol. The molecule has 2 aromatic carbocycles. The standard InChI is InChI=1S/C20H25N3O7S/c1-4-30-17-10-5-14(13-18(17)29-3)20(25)23-22-19(24)11-12-21-31(26,27)16-8-6-15(28-2)7-9-16/h5-10,13,21H,4,11-12H2,1-3H3,(H,22,24)(H,23,25). The van der Waals surface area contributed by atoms with E-state index in [1.54, 1.807) is 6.07 Å². The zero-order valence-corrected chi connectivity index (χ0v) is 18.2. The predicted molar refractivity (Wildman–Crippen MR) is 113 cm³/mol. The van der Waals surface area contributed by atoms with Gasteiger partial charge in [0.05, 0.1) is 25.7 Å². The normalized spacial score (nSPS) is 10.8. The van der Waals surface area contributed by atoms with Gasteiger partial charge in [-0.2, -0.15) is 0 Å². The number of rotatable bonds is 10. The summed E-state index contributed by atoms with van der Waals surface area (Å²) in [6.07, 6.45) is -0.178. The summed E-state index contributed by atoms with van der Waals surface area (Å²) >= 11 is 0. The van der Waals surface area contributed by atoms with E-state index >= 15 is 0 Å². The Morgan fingerprint density at radius 3 is 2.26 bits per heavy atom. The summed E-state index contributed by atoms with van der Waals surface area (Å²) in [5.41, 5.74) is 4.76. The topological polar surface area (TPSA) is 132 Å². The first-order valence-corrected chi connectivity index (χ1v) is 10.8. The van der Waals surface area contributed by atoms with E-state index in [1.807, 2.05) is 6.92 Å². The number of hydrogen-bond acceptors (Lipinski definition) is 7. The molecule has 2 aromatic rings. The molecule has 0 saturated heterocycles. The highest BCUT2D eigenvalue weighted by atomic mass is 32.2. The lowest BCUT2D eigenvalue weighted by Crippen LogP contribution is -2.42. The Labute approximate surface area is 180 Å². The fourth-order valence-corrected chi connectivity index (χ4v) is 3.51. The molecule has 11 heteroatoms. The van der Waals surface area contributed by atoms with E-state index in [4.69, 9.17) is 14.2 Å². The van der Waals surface area contributed by atoms with E-state index in [1.165, 1.54) is 50.6 Å². The molecule has 0 bridgehead atoms. The van der Waals surface area contributed by atoms with E-state index in [2.05, 4.69) is 15.6 Å². The number of ether oxygens (including phenoxy) is 3. The molecule has 2 rings (SSSR count). The van der Waals surface area contributed by atoms with Crippen molar-refractivity contribution in [3.8, 4) is 17.2 Å². The van der Waals surface area contributed by atoms with Gasteiger partial charge in [-0.25, -0.2) is 13.1 Å². The first kappa shape index (κ1) is 24.0. The van der Waals surface area contributed by atoms with Crippen LogP contribution < -0.4 is 29.8 Å². The van der Waals surface area contributed by atoms with Crippen molar-refractivity contribution in [2.24, 2.45) is 0 Å². The number of hydrazine groups is 1. The van der Waals surface area contributed by atoms with Crippen LogP contribution in [-0.4, -0.2) is 47.6 Å². The number of benzene rings is 2. The molecule has 0 aliphatic rings. The number of hydrogen-bond donors (Lipinski definition) is 3. The van der Waals surface area contributed by atoms with Gasteiger partial charge in [0.2, 0.25) is 15.9 Å². The second-order valence-electron chi connectivity index (χ2n) is 6.12. The Bertz CT molecular complexity index is 1010. The summed E-state index contributed by atoms with van der Waals surface area (Å²) in [4.78, 5) is 24.2. The van der Waals surface area contributed by atoms with E-state index < -0.39 is 21.8 Å². The molecule has 168 valence electrons. The minimum atomic E-state index is -3.77. The van der Waals surface area contributed by atoms with E-state index in [0.29, 0.717) is 23.9 Å². The molecule has 0 radical (unpaired) electrons. The average Bonchev–Trinajstić information content (AvgIpc) is 2.77. The Hall–Kier alpha value is -3.31. The van der Waals surface area contributed by atoms with Gasteiger partial charge in [0.1, 0.15) is 5.75 Å². The van der Waals surface area contributed by atoms with E-state index in [-0.39, 0.29) is 23.4 Å². The Balaban J connectivity index is 1.83. The molecule has 0 aromatic heterocycles. The number of nitrogens with one attached hydrogen (secondary N) is 3. The fraction of sp³-hybridized carbons (Fsp3) is 0.300. The third-order valence-corrected chi connectivity index (χ3v) is 5.53. The van der Waals surface area contributed by atoms with Crippen LogP contribution in [0.25, 0.3) is 0 Å². The van der Waals surface area contributed by atoms with Crippen LogP contribution in [0, 0.1) is 0 Å². The van der Waals surface area contributed by atoms with Gasteiger partial charge in [-0.05, 0) is 49.4 Å². The lowest BCUT2D eigenvalue weighted by molar-refractivity contribution is -0.121. The van der Waals surface area contributed by atoms with Crippen LogP contribution in [0.5, 0.6) is 17.2 Å². The summed E-state index contributed by atoms with van der Waals surface area (Å²) in [5, 5.41) is 0. The average molecular weight is 452 g/mol. The molecule has 0 spiro atoms. The Morgan fingerprint density at radius 2 is 1.65 bits per heavy atom. The quantitative estimate of drug-likeness (QED) is 0.463. The number of sulfonamides is 1. The molecule has 0 atom stereocenters. The van der Waals surface area contributed by atoms with Crippen molar-refractivity contribution in [2.45, 2.75) is 18.2 Å². The molecule has 31 heavy (non-hydrogen) atoms. The highest BCUT2D eigenvalue weighted by molar-refractivity contribution is 7.89. The second-order valence-corrected chi connectivity index (χ2v) is 7.89. The number of carbonyl (C=O) groups excluding carboxylic acids is 2. The summed E-state index contributed by atoms with van der Waals surface area (Å²) in [6, 6.07) is 10.4. The summed E-state index contributed by atoms with van der Waals surface area (Å²) in [7, 11) is -0.840. The number of carbonyl (C=O) groups is 2. The van der Waals surface area contributed by atoms with Gasteiger partial charge in [0.15, 0.2) is 11.5 Å². The van der Waals surface area contributed by atoms with Gasteiger partial charge in [0, 0.05) is 18.5 Å². The zero-order chi connectivity index (χ0) is 22.9. The van der Waals surface area contributed by atoms with Crippen molar-refractivity contribution >= 4 is 21.8 Å². The summed E-state index contributed by atoms with van der Waals surface area (Å²) < 4.78 is 42.3. The van der Waals surface area contributed by atoms with Crippen LogP contribution in [0.15, 0.2) is 47.4 Å². The van der Waals surface area contributed by atoms with Gasteiger partial charge < -0.3 is 14.2 Å². The van der Waals surface area contributed by atoms with Crippen molar-refractivity contribution in [1.82, 2.24) is 15.6 Å². The van der Waals surface area contributed by atoms with Crippen molar-refractivity contribution in [1.29, 1.82) is 0 Å². The van der Waals surface area contributed by atoms with Crippen molar-refractivity contribution in [3.05, 3.63) is 48.0 Å². The fourth-order valence-electron chi connectivity index (χ4n) is 2.48. The van der Waals surface area contributed by atoms with Crippen molar-refractivity contribution in [3.63, 3.8) is 0 Å². The van der Waals surface area contributed by atoms with Crippen LogP contribution in [0.1, 0.15) is 23.7 Å². The van der Waals surface area contributed by atoms with Crippen LogP contribution in [0.2, 0.25) is 0 Å². The van der Waals surface area contributed by atoms with Gasteiger partial charge in [-0.15, -0.1) is 0 Å². The molecule has 0 saturated carbocycles. The molecule has 0 heterocycles. The maximum atomic E-state index is 12.2. The minimum Gasteiger partial charge on any atom is -0.497 e. The maximum absolute atomic E-state index is 12.2. The Kier molecular flexibility index (Phi) is 8.64. The molecule has 0 aliphatic heterocycles. The maximum Gasteiger partial charge on any atom is 0.269 e. The second kappa shape index (κ2) is 11.2. The minimum absolute atomic E-state index is 0.0476. The van der Waals surface area contributed by atoms with Gasteiger partial charge >= 0.3 is 0 Å². The van der Waals surface area contributed by atoms with Crippen molar-refractivity contribution in [2.75, 3.05) is 27.4 Å². The highest BCUT2D eigenvalue weighted by Crippen LogP contribution is 2.27. The predicted octanol–water partition coefficient (Wildman–Crippen LogP) is 1.23. The third kappa shape index (κ3) is 6.86. The molecule has 0 fully saturated rings. The third-order valence-electron chi connectivity index (χ3n) is 4.05. The van der Waals surface area contributed by atoms with Crippen LogP contribution in [0.3, 0.4) is 0 Å². The molecule has 0 unspecified atom stereocenters. The van der Waals surface area contributed by atoms with Crippen LogP contribution in [0.4, 0.5) is 0 Å². The van der Waals surface area contributed by atoms with Crippen LogP contribution >= 0.6 is 0 Å². The lowest BCUT2D eigenvalue weighted by Gasteiger charge is -2.12.